The summed E-state index contributed by atoms with van der Waals surface area (Å²) >= 11 is 0. The first-order valence-corrected chi connectivity index (χ1v) is 10.3. The number of anilines is 1. The van der Waals surface area contributed by atoms with Crippen LogP contribution in [0.4, 0.5) is 5.69 Å². The Morgan fingerprint density at radius 3 is 2.11 bits per heavy atom. The van der Waals surface area contributed by atoms with Gasteiger partial charge in [-0.1, -0.05) is 57.2 Å². The number of sulfonamides is 1. The van der Waals surface area contributed by atoms with Crippen LogP contribution in [0.5, 0.6) is 0 Å². The summed E-state index contributed by atoms with van der Waals surface area (Å²) in [7, 11) is -1.93. The molecule has 0 atom stereocenters. The van der Waals surface area contributed by atoms with E-state index in [1.165, 1.54) is 18.7 Å². The summed E-state index contributed by atoms with van der Waals surface area (Å²) in [6.07, 6.45) is 3.24. The predicted molar refractivity (Wildman–Crippen MR) is 111 cm³/mol. The largest absolute Gasteiger partial charge is 0.323 e. The molecule has 2 N–H and O–H groups in total. The Morgan fingerprint density at radius 2 is 1.59 bits per heavy atom. The van der Waals surface area contributed by atoms with Gasteiger partial charge in [0.2, 0.25) is 15.9 Å². The lowest BCUT2D eigenvalue weighted by Crippen LogP contribution is -2.20. The van der Waals surface area contributed by atoms with Gasteiger partial charge in [0.15, 0.2) is 0 Å². The van der Waals surface area contributed by atoms with Gasteiger partial charge in [0.05, 0.1) is 5.75 Å². The fraction of sp³-hybridized carbons (Fsp3) is 0.286. The minimum Gasteiger partial charge on any atom is -0.323 e. The van der Waals surface area contributed by atoms with Crippen LogP contribution in [0.2, 0.25) is 0 Å². The van der Waals surface area contributed by atoms with Crippen LogP contribution >= 0.6 is 0 Å². The van der Waals surface area contributed by atoms with Gasteiger partial charge in [-0.2, -0.15) is 0 Å². The van der Waals surface area contributed by atoms with E-state index in [4.69, 9.17) is 0 Å². The topological polar surface area (TPSA) is 75.3 Å². The predicted octanol–water partition coefficient (Wildman–Crippen LogP) is 3.69. The highest BCUT2D eigenvalue weighted by Crippen LogP contribution is 2.22. The second-order valence-electron chi connectivity index (χ2n) is 7.35. The lowest BCUT2D eigenvalue weighted by Gasteiger charge is -2.18. The third-order valence-electron chi connectivity index (χ3n) is 4.09. The van der Waals surface area contributed by atoms with Crippen LogP contribution in [0.3, 0.4) is 0 Å². The van der Waals surface area contributed by atoms with Gasteiger partial charge in [0, 0.05) is 11.8 Å². The molecule has 0 spiro atoms. The Bertz CT molecular complexity index is 907. The molecule has 0 fully saturated rings. The van der Waals surface area contributed by atoms with Crippen molar-refractivity contribution in [3.8, 4) is 0 Å². The Morgan fingerprint density at radius 1 is 1.00 bits per heavy atom. The Hall–Kier alpha value is -2.44. The molecule has 2 aromatic rings. The van der Waals surface area contributed by atoms with Crippen molar-refractivity contribution >= 4 is 27.7 Å². The standard InChI is InChI=1S/C21H26N2O3S/c1-21(2,3)18-10-5-16(6-11-18)9-14-20(24)23-19-12-7-17(8-13-19)15-27(25,26)22-4/h5-14,22H,15H2,1-4H3,(H,23,24). The van der Waals surface area contributed by atoms with Gasteiger partial charge in [-0.05, 0) is 47.4 Å². The molecule has 2 rings (SSSR count). The van der Waals surface area contributed by atoms with Gasteiger partial charge in [0.1, 0.15) is 0 Å². The molecule has 144 valence electrons. The maximum Gasteiger partial charge on any atom is 0.248 e. The fourth-order valence-corrected chi connectivity index (χ4v) is 3.20. The van der Waals surface area contributed by atoms with Crippen LogP contribution in [-0.2, 0) is 26.0 Å². The van der Waals surface area contributed by atoms with Crippen LogP contribution in [0.15, 0.2) is 54.6 Å². The van der Waals surface area contributed by atoms with Crippen LogP contribution in [0, 0.1) is 0 Å². The summed E-state index contributed by atoms with van der Waals surface area (Å²) in [4.78, 5) is 12.1. The van der Waals surface area contributed by atoms with Crippen LogP contribution in [0.25, 0.3) is 6.08 Å². The second-order valence-corrected chi connectivity index (χ2v) is 9.28. The summed E-state index contributed by atoms with van der Waals surface area (Å²) in [5.41, 5.74) is 3.54. The van der Waals surface area contributed by atoms with Gasteiger partial charge < -0.3 is 5.32 Å². The normalized spacial score (nSPS) is 12.3. The molecule has 0 aromatic heterocycles. The molecule has 0 aliphatic rings. The van der Waals surface area contributed by atoms with E-state index in [0.717, 1.165) is 5.56 Å². The lowest BCUT2D eigenvalue weighted by atomic mass is 9.87. The number of nitrogens with one attached hydrogen (secondary N) is 2. The second kappa shape index (κ2) is 8.50. The van der Waals surface area contributed by atoms with E-state index in [1.54, 1.807) is 30.3 Å². The maximum absolute atomic E-state index is 12.1. The number of rotatable bonds is 6. The van der Waals surface area contributed by atoms with Crippen molar-refractivity contribution in [3.63, 3.8) is 0 Å². The summed E-state index contributed by atoms with van der Waals surface area (Å²) in [6, 6.07) is 14.8. The van der Waals surface area contributed by atoms with Crippen molar-refractivity contribution in [2.75, 3.05) is 12.4 Å². The molecule has 5 nitrogen and oxygen atoms in total. The van der Waals surface area contributed by atoms with Crippen molar-refractivity contribution < 1.29 is 13.2 Å². The lowest BCUT2D eigenvalue weighted by molar-refractivity contribution is -0.111. The zero-order valence-electron chi connectivity index (χ0n) is 16.1. The third kappa shape index (κ3) is 6.66. The number of amides is 1. The minimum absolute atomic E-state index is 0.0950. The van der Waals surface area contributed by atoms with Crippen molar-refractivity contribution in [1.29, 1.82) is 0 Å². The van der Waals surface area contributed by atoms with E-state index in [0.29, 0.717) is 11.3 Å². The van der Waals surface area contributed by atoms with Gasteiger partial charge in [-0.15, -0.1) is 0 Å². The SMILES string of the molecule is CNS(=O)(=O)Cc1ccc(NC(=O)C=Cc2ccc(C(C)(C)C)cc2)cc1. The van der Waals surface area contributed by atoms with Crippen molar-refractivity contribution in [2.24, 2.45) is 0 Å². The van der Waals surface area contributed by atoms with E-state index in [1.807, 2.05) is 12.1 Å². The average molecular weight is 387 g/mol. The van der Waals surface area contributed by atoms with E-state index < -0.39 is 10.0 Å². The number of carbonyl (C=O) groups is 1. The monoisotopic (exact) mass is 386 g/mol. The quantitative estimate of drug-likeness (QED) is 0.744. The summed E-state index contributed by atoms with van der Waals surface area (Å²) in [5.74, 6) is -0.340. The number of hydrogen-bond donors (Lipinski definition) is 2. The van der Waals surface area contributed by atoms with E-state index in [9.17, 15) is 13.2 Å². The molecule has 0 bridgehead atoms. The first-order chi connectivity index (χ1) is 12.6. The summed E-state index contributed by atoms with van der Waals surface area (Å²) < 4.78 is 25.3. The molecular formula is C21H26N2O3S. The van der Waals surface area contributed by atoms with Gasteiger partial charge in [-0.25, -0.2) is 13.1 Å². The van der Waals surface area contributed by atoms with Gasteiger partial charge >= 0.3 is 0 Å². The van der Waals surface area contributed by atoms with Crippen molar-refractivity contribution in [3.05, 3.63) is 71.3 Å². The third-order valence-corrected chi connectivity index (χ3v) is 5.43. The Balaban J connectivity index is 1.96. The highest BCUT2D eigenvalue weighted by molar-refractivity contribution is 7.88. The van der Waals surface area contributed by atoms with Gasteiger partial charge in [-0.3, -0.25) is 4.79 Å². The number of hydrogen-bond acceptors (Lipinski definition) is 3. The molecule has 0 aliphatic heterocycles. The molecule has 1 amide bonds. The van der Waals surface area contributed by atoms with E-state index >= 15 is 0 Å². The zero-order chi connectivity index (χ0) is 20.1. The molecule has 6 heteroatoms. The molecule has 0 aliphatic carbocycles. The van der Waals surface area contributed by atoms with Crippen LogP contribution in [-0.4, -0.2) is 21.4 Å². The van der Waals surface area contributed by atoms with Crippen molar-refractivity contribution in [1.82, 2.24) is 4.72 Å². The average Bonchev–Trinajstić information content (AvgIpc) is 2.61. The summed E-state index contributed by atoms with van der Waals surface area (Å²) in [6.45, 7) is 6.47. The first kappa shape index (κ1) is 20.9. The Labute approximate surface area is 161 Å². The Kier molecular flexibility index (Phi) is 6.57. The van der Waals surface area contributed by atoms with E-state index in [2.05, 4.69) is 42.9 Å². The molecule has 0 unspecified atom stereocenters. The molecular weight excluding hydrogens is 360 g/mol. The first-order valence-electron chi connectivity index (χ1n) is 8.69. The zero-order valence-corrected chi connectivity index (χ0v) is 16.9. The highest BCUT2D eigenvalue weighted by Gasteiger charge is 2.12. The highest BCUT2D eigenvalue weighted by atomic mass is 32.2. The fourth-order valence-electron chi connectivity index (χ4n) is 2.43. The number of carbonyl (C=O) groups excluding carboxylic acids is 1. The molecule has 0 heterocycles. The molecule has 0 saturated heterocycles. The maximum atomic E-state index is 12.1. The molecule has 27 heavy (non-hydrogen) atoms. The van der Waals surface area contributed by atoms with Crippen LogP contribution in [0.1, 0.15) is 37.5 Å². The molecule has 0 saturated carbocycles. The minimum atomic E-state index is -3.31. The summed E-state index contributed by atoms with van der Waals surface area (Å²) in [5, 5.41) is 2.76. The van der Waals surface area contributed by atoms with Gasteiger partial charge in [0.25, 0.3) is 0 Å². The van der Waals surface area contributed by atoms with E-state index in [-0.39, 0.29) is 17.1 Å². The molecule has 0 radical (unpaired) electrons. The van der Waals surface area contributed by atoms with Crippen LogP contribution < -0.4 is 10.0 Å². The smallest absolute Gasteiger partial charge is 0.248 e. The number of benzene rings is 2. The van der Waals surface area contributed by atoms with Crippen molar-refractivity contribution in [2.45, 2.75) is 31.9 Å². The molecule has 2 aromatic carbocycles.